The Morgan fingerprint density at radius 1 is 1.25 bits per heavy atom. The number of anilines is 1. The number of benzene rings is 1. The molecule has 0 aliphatic heterocycles. The molecule has 1 heterocycles. The topological polar surface area (TPSA) is 67.1 Å². The van der Waals surface area contributed by atoms with Crippen molar-refractivity contribution in [2.45, 2.75) is 46.8 Å². The highest BCUT2D eigenvalue weighted by Crippen LogP contribution is 2.27. The van der Waals surface area contributed by atoms with Crippen molar-refractivity contribution in [3.8, 4) is 6.07 Å². The van der Waals surface area contributed by atoms with Gasteiger partial charge in [-0.15, -0.1) is 0 Å². The van der Waals surface area contributed by atoms with E-state index >= 15 is 0 Å². The Balaban J connectivity index is 2.40. The van der Waals surface area contributed by atoms with Gasteiger partial charge in [-0.2, -0.15) is 5.26 Å². The number of amides is 1. The Morgan fingerprint density at radius 2 is 1.88 bits per heavy atom. The van der Waals surface area contributed by atoms with Gasteiger partial charge in [-0.3, -0.25) is 5.32 Å². The largest absolute Gasteiger partial charge is 0.444 e. The van der Waals surface area contributed by atoms with Crippen LogP contribution >= 0.6 is 0 Å². The third-order valence-corrected chi connectivity index (χ3v) is 3.74. The van der Waals surface area contributed by atoms with Gasteiger partial charge >= 0.3 is 6.09 Å². The number of nitrogens with one attached hydrogen (secondary N) is 1. The third-order valence-electron chi connectivity index (χ3n) is 3.74. The summed E-state index contributed by atoms with van der Waals surface area (Å²) >= 11 is 0. The van der Waals surface area contributed by atoms with E-state index < -0.39 is 11.7 Å². The summed E-state index contributed by atoms with van der Waals surface area (Å²) in [4.78, 5) is 12.2. The number of aromatic nitrogens is 1. The maximum atomic E-state index is 12.2. The Hall–Kier alpha value is -2.74. The van der Waals surface area contributed by atoms with E-state index in [1.54, 1.807) is 20.8 Å². The van der Waals surface area contributed by atoms with E-state index in [2.05, 4.69) is 11.4 Å². The summed E-state index contributed by atoms with van der Waals surface area (Å²) < 4.78 is 7.26. The van der Waals surface area contributed by atoms with Gasteiger partial charge in [0.15, 0.2) is 0 Å². The molecule has 0 unspecified atom stereocenters. The average molecular weight is 325 g/mol. The van der Waals surface area contributed by atoms with Crippen LogP contribution in [0.5, 0.6) is 0 Å². The lowest BCUT2D eigenvalue weighted by Gasteiger charge is -2.20. The second-order valence-corrected chi connectivity index (χ2v) is 6.74. The number of nitrogens with zero attached hydrogens (tertiary/aromatic N) is 2. The average Bonchev–Trinajstić information content (AvgIpc) is 2.71. The van der Waals surface area contributed by atoms with Gasteiger partial charge in [0.25, 0.3) is 0 Å². The molecule has 2 rings (SSSR count). The van der Waals surface area contributed by atoms with E-state index in [4.69, 9.17) is 4.74 Å². The van der Waals surface area contributed by atoms with Crippen molar-refractivity contribution >= 4 is 11.9 Å². The molecular formula is C19H23N3O2. The van der Waals surface area contributed by atoms with Gasteiger partial charge in [0.2, 0.25) is 0 Å². The minimum atomic E-state index is -0.599. The zero-order chi connectivity index (χ0) is 17.9. The summed E-state index contributed by atoms with van der Waals surface area (Å²) in [6.07, 6.45) is -0.564. The summed E-state index contributed by atoms with van der Waals surface area (Å²) in [5.41, 5.74) is 2.76. The van der Waals surface area contributed by atoms with Crippen molar-refractivity contribution in [2.75, 3.05) is 5.32 Å². The van der Waals surface area contributed by atoms with Crippen molar-refractivity contribution in [3.05, 3.63) is 52.7 Å². The molecule has 0 saturated heterocycles. The van der Waals surface area contributed by atoms with Crippen LogP contribution < -0.4 is 5.32 Å². The van der Waals surface area contributed by atoms with Crippen molar-refractivity contribution < 1.29 is 9.53 Å². The van der Waals surface area contributed by atoms with Crippen LogP contribution in [-0.4, -0.2) is 16.3 Å². The lowest BCUT2D eigenvalue weighted by atomic mass is 10.2. The predicted molar refractivity (Wildman–Crippen MR) is 94.0 cm³/mol. The molecule has 0 radical (unpaired) electrons. The maximum Gasteiger partial charge on any atom is 0.413 e. The van der Waals surface area contributed by atoms with Crippen LogP contribution in [0.3, 0.4) is 0 Å². The number of hydrogen-bond donors (Lipinski definition) is 1. The Kier molecular flexibility index (Phi) is 4.99. The Morgan fingerprint density at radius 3 is 2.42 bits per heavy atom. The van der Waals surface area contributed by atoms with Crippen LogP contribution in [0.15, 0.2) is 30.3 Å². The predicted octanol–water partition coefficient (Wildman–Crippen LogP) is 4.37. The molecule has 0 saturated carbocycles. The lowest BCUT2D eigenvalue weighted by Crippen LogP contribution is -2.28. The van der Waals surface area contributed by atoms with E-state index in [-0.39, 0.29) is 0 Å². The molecular weight excluding hydrogens is 302 g/mol. The van der Waals surface area contributed by atoms with Gasteiger partial charge < -0.3 is 9.30 Å². The third kappa shape index (κ3) is 3.96. The molecule has 1 amide bonds. The van der Waals surface area contributed by atoms with E-state index in [0.29, 0.717) is 17.9 Å². The minimum Gasteiger partial charge on any atom is -0.444 e. The number of ether oxygens (including phenoxy) is 1. The van der Waals surface area contributed by atoms with Crippen LogP contribution in [0.1, 0.15) is 43.2 Å². The quantitative estimate of drug-likeness (QED) is 0.911. The smallest absolute Gasteiger partial charge is 0.413 e. The first kappa shape index (κ1) is 17.6. The summed E-state index contributed by atoms with van der Waals surface area (Å²) in [5, 5.41) is 12.2. The lowest BCUT2D eigenvalue weighted by molar-refractivity contribution is 0.0634. The van der Waals surface area contributed by atoms with Crippen molar-refractivity contribution in [2.24, 2.45) is 0 Å². The fourth-order valence-corrected chi connectivity index (χ4v) is 2.49. The zero-order valence-electron chi connectivity index (χ0n) is 14.8. The van der Waals surface area contributed by atoms with E-state index in [0.717, 1.165) is 16.8 Å². The van der Waals surface area contributed by atoms with Crippen LogP contribution in [0.25, 0.3) is 0 Å². The summed E-state index contributed by atoms with van der Waals surface area (Å²) in [6.45, 7) is 9.81. The molecule has 1 N–H and O–H groups in total. The first-order valence-electron chi connectivity index (χ1n) is 7.86. The molecule has 126 valence electrons. The van der Waals surface area contributed by atoms with E-state index in [1.165, 1.54) is 0 Å². The molecule has 2 aromatic rings. The summed E-state index contributed by atoms with van der Waals surface area (Å²) in [7, 11) is 0. The minimum absolute atomic E-state index is 0.467. The van der Waals surface area contributed by atoms with Crippen molar-refractivity contribution in [1.29, 1.82) is 5.26 Å². The monoisotopic (exact) mass is 325 g/mol. The SMILES string of the molecule is Cc1c(C#N)c(NC(=O)OC(C)(C)C)n(Cc2ccccc2)c1C. The van der Waals surface area contributed by atoms with Gasteiger partial charge in [0.05, 0.1) is 5.56 Å². The molecule has 0 aliphatic rings. The normalized spacial score (nSPS) is 11.0. The van der Waals surface area contributed by atoms with E-state index in [1.807, 2.05) is 48.7 Å². The van der Waals surface area contributed by atoms with Gasteiger partial charge in [0, 0.05) is 12.2 Å². The molecule has 5 heteroatoms. The number of nitriles is 1. The number of carbonyl (C=O) groups excluding carboxylic acids is 1. The molecule has 0 atom stereocenters. The molecule has 1 aromatic carbocycles. The molecule has 0 spiro atoms. The number of hydrogen-bond acceptors (Lipinski definition) is 3. The van der Waals surface area contributed by atoms with Gasteiger partial charge in [0.1, 0.15) is 17.5 Å². The first-order chi connectivity index (χ1) is 11.2. The second kappa shape index (κ2) is 6.79. The highest BCUT2D eigenvalue weighted by Gasteiger charge is 2.22. The standard InChI is InChI=1S/C19H23N3O2/c1-13-14(2)22(12-15-9-7-6-8-10-15)17(16(13)11-20)21-18(23)24-19(3,4)5/h6-10H,12H2,1-5H3,(H,21,23). The number of carbonyl (C=O) groups is 1. The van der Waals surface area contributed by atoms with Gasteiger partial charge in [-0.05, 0) is 45.7 Å². The van der Waals surface area contributed by atoms with Gasteiger partial charge in [-0.25, -0.2) is 4.79 Å². The Bertz CT molecular complexity index is 778. The summed E-state index contributed by atoms with van der Waals surface area (Å²) in [6, 6.07) is 12.1. The van der Waals surface area contributed by atoms with Crippen LogP contribution in [0, 0.1) is 25.2 Å². The van der Waals surface area contributed by atoms with Crippen molar-refractivity contribution in [1.82, 2.24) is 4.57 Å². The Labute approximate surface area is 142 Å². The maximum absolute atomic E-state index is 12.2. The van der Waals surface area contributed by atoms with Crippen molar-refractivity contribution in [3.63, 3.8) is 0 Å². The highest BCUT2D eigenvalue weighted by molar-refractivity contribution is 5.86. The molecule has 0 fully saturated rings. The first-order valence-corrected chi connectivity index (χ1v) is 7.86. The van der Waals surface area contributed by atoms with Crippen LogP contribution in [0.2, 0.25) is 0 Å². The van der Waals surface area contributed by atoms with Gasteiger partial charge in [-0.1, -0.05) is 30.3 Å². The van der Waals surface area contributed by atoms with E-state index in [9.17, 15) is 10.1 Å². The van der Waals surface area contributed by atoms with Crippen LogP contribution in [0.4, 0.5) is 10.6 Å². The highest BCUT2D eigenvalue weighted by atomic mass is 16.6. The summed E-state index contributed by atoms with van der Waals surface area (Å²) in [5.74, 6) is 0.477. The fourth-order valence-electron chi connectivity index (χ4n) is 2.49. The number of rotatable bonds is 3. The molecule has 24 heavy (non-hydrogen) atoms. The zero-order valence-corrected chi connectivity index (χ0v) is 14.8. The molecule has 0 aliphatic carbocycles. The molecule has 5 nitrogen and oxygen atoms in total. The molecule has 1 aromatic heterocycles. The van der Waals surface area contributed by atoms with Crippen LogP contribution in [-0.2, 0) is 11.3 Å². The molecule has 0 bridgehead atoms. The fraction of sp³-hybridized carbons (Fsp3) is 0.368. The second-order valence-electron chi connectivity index (χ2n) is 6.74.